The van der Waals surface area contributed by atoms with Gasteiger partial charge in [0.2, 0.25) is 5.13 Å². The molecule has 2 aromatic rings. The van der Waals surface area contributed by atoms with E-state index in [1.54, 1.807) is 6.07 Å². The van der Waals surface area contributed by atoms with E-state index in [4.69, 9.17) is 5.73 Å². The third-order valence-corrected chi connectivity index (χ3v) is 3.06. The van der Waals surface area contributed by atoms with Gasteiger partial charge in [-0.05, 0) is 40.8 Å². The molecule has 0 spiro atoms. The lowest BCUT2D eigenvalue weighted by molar-refractivity contribution is 0.630. The van der Waals surface area contributed by atoms with Gasteiger partial charge in [0.05, 0.1) is 0 Å². The van der Waals surface area contributed by atoms with Crippen molar-refractivity contribution in [2.75, 3.05) is 5.73 Å². The second kappa shape index (κ2) is 3.77. The lowest BCUT2D eigenvalue weighted by atomic mass is 10.2. The first-order chi connectivity index (χ1) is 6.66. The molecule has 0 saturated carbocycles. The molecule has 0 aliphatic rings. The normalized spacial score (nSPS) is 10.4. The van der Waals surface area contributed by atoms with Crippen molar-refractivity contribution in [3.05, 3.63) is 27.6 Å². The summed E-state index contributed by atoms with van der Waals surface area (Å²) in [5.41, 5.74) is 5.86. The largest absolute Gasteiger partial charge is 0.374 e. The molecule has 0 bridgehead atoms. The molecule has 2 rings (SSSR count). The van der Waals surface area contributed by atoms with Gasteiger partial charge in [-0.2, -0.15) is 0 Å². The number of aromatic nitrogens is 2. The molecule has 0 fully saturated rings. The molecule has 0 radical (unpaired) electrons. The number of hydrogen-bond donors (Lipinski definition) is 1. The first-order valence-corrected chi connectivity index (χ1v) is 5.61. The van der Waals surface area contributed by atoms with Gasteiger partial charge in [-0.1, -0.05) is 11.3 Å². The second-order valence-corrected chi connectivity index (χ2v) is 4.82. The van der Waals surface area contributed by atoms with Crippen molar-refractivity contribution in [3.8, 4) is 10.6 Å². The molecule has 0 aliphatic carbocycles. The van der Waals surface area contributed by atoms with Crippen LogP contribution in [0.2, 0.25) is 0 Å². The van der Waals surface area contributed by atoms with Gasteiger partial charge < -0.3 is 5.73 Å². The van der Waals surface area contributed by atoms with Gasteiger partial charge in [-0.3, -0.25) is 0 Å². The third-order valence-electron chi connectivity index (χ3n) is 1.60. The fraction of sp³-hybridized carbons (Fsp3) is 0. The summed E-state index contributed by atoms with van der Waals surface area (Å²) in [4.78, 5) is 0. The topological polar surface area (TPSA) is 51.8 Å². The average Bonchev–Trinajstić information content (AvgIpc) is 2.51. The monoisotopic (exact) mass is 321 g/mol. The molecule has 0 aliphatic heterocycles. The van der Waals surface area contributed by atoms with E-state index in [9.17, 15) is 4.39 Å². The van der Waals surface area contributed by atoms with E-state index in [0.29, 0.717) is 15.7 Å². The van der Waals surface area contributed by atoms with Crippen LogP contribution in [0.25, 0.3) is 10.6 Å². The first-order valence-electron chi connectivity index (χ1n) is 3.71. The Bertz CT molecular complexity index is 471. The van der Waals surface area contributed by atoms with E-state index >= 15 is 0 Å². The predicted octanol–water partition coefficient (Wildman–Crippen LogP) is 2.53. The zero-order chi connectivity index (χ0) is 10.1. The van der Waals surface area contributed by atoms with E-state index in [0.717, 1.165) is 3.57 Å². The minimum atomic E-state index is -0.298. The minimum absolute atomic E-state index is 0.298. The highest BCUT2D eigenvalue weighted by Crippen LogP contribution is 2.27. The fourth-order valence-electron chi connectivity index (χ4n) is 1.01. The van der Waals surface area contributed by atoms with E-state index in [-0.39, 0.29) is 5.82 Å². The molecule has 0 saturated heterocycles. The molecule has 3 nitrogen and oxygen atoms in total. The van der Waals surface area contributed by atoms with E-state index in [1.807, 2.05) is 28.7 Å². The second-order valence-electron chi connectivity index (χ2n) is 2.57. The van der Waals surface area contributed by atoms with Gasteiger partial charge in [0.1, 0.15) is 5.82 Å². The minimum Gasteiger partial charge on any atom is -0.374 e. The Balaban J connectivity index is 2.52. The lowest BCUT2D eigenvalue weighted by Crippen LogP contribution is -1.84. The summed E-state index contributed by atoms with van der Waals surface area (Å²) in [5, 5.41) is 8.27. The van der Waals surface area contributed by atoms with Gasteiger partial charge in [0.15, 0.2) is 5.01 Å². The number of hydrogen-bond acceptors (Lipinski definition) is 4. The Morgan fingerprint density at radius 1 is 1.36 bits per heavy atom. The number of benzene rings is 1. The molecule has 2 N–H and O–H groups in total. The van der Waals surface area contributed by atoms with Crippen LogP contribution in [0.5, 0.6) is 0 Å². The van der Waals surface area contributed by atoms with Crippen molar-refractivity contribution in [2.45, 2.75) is 0 Å². The summed E-state index contributed by atoms with van der Waals surface area (Å²) in [7, 11) is 0. The summed E-state index contributed by atoms with van der Waals surface area (Å²) in [6, 6.07) is 4.95. The SMILES string of the molecule is Nc1nnc(-c2ccc(I)cc2F)s1. The maximum absolute atomic E-state index is 13.4. The molecule has 14 heavy (non-hydrogen) atoms. The molecule has 0 atom stereocenters. The maximum Gasteiger partial charge on any atom is 0.203 e. The van der Waals surface area contributed by atoms with E-state index in [1.165, 1.54) is 17.4 Å². The highest BCUT2D eigenvalue weighted by atomic mass is 127. The van der Waals surface area contributed by atoms with Crippen LogP contribution in [-0.4, -0.2) is 10.2 Å². The molecule has 72 valence electrons. The van der Waals surface area contributed by atoms with Crippen molar-refractivity contribution in [2.24, 2.45) is 0 Å². The van der Waals surface area contributed by atoms with Crippen LogP contribution >= 0.6 is 33.9 Å². The highest BCUT2D eigenvalue weighted by Gasteiger charge is 2.09. The van der Waals surface area contributed by atoms with E-state index in [2.05, 4.69) is 10.2 Å². The highest BCUT2D eigenvalue weighted by molar-refractivity contribution is 14.1. The van der Waals surface area contributed by atoms with Gasteiger partial charge in [0.25, 0.3) is 0 Å². The molecular formula is C8H5FIN3S. The molecule has 6 heteroatoms. The molecule has 0 unspecified atom stereocenters. The van der Waals surface area contributed by atoms with Crippen LogP contribution in [0, 0.1) is 9.39 Å². The summed E-state index contributed by atoms with van der Waals surface area (Å²) in [6.45, 7) is 0. The first kappa shape index (κ1) is 9.78. The number of rotatable bonds is 1. The quantitative estimate of drug-likeness (QED) is 0.821. The Hall–Kier alpha value is -0.760. The van der Waals surface area contributed by atoms with Crippen molar-refractivity contribution in [3.63, 3.8) is 0 Å². The maximum atomic E-state index is 13.4. The van der Waals surface area contributed by atoms with Crippen LogP contribution in [0.1, 0.15) is 0 Å². The van der Waals surface area contributed by atoms with Crippen molar-refractivity contribution >= 4 is 39.1 Å². The molecule has 1 aromatic carbocycles. The number of nitrogen functional groups attached to an aromatic ring is 1. The lowest BCUT2D eigenvalue weighted by Gasteiger charge is -1.97. The number of halogens is 2. The van der Waals surface area contributed by atoms with Crippen LogP contribution < -0.4 is 5.73 Å². The third kappa shape index (κ3) is 1.85. The van der Waals surface area contributed by atoms with Gasteiger partial charge in [-0.25, -0.2) is 4.39 Å². The van der Waals surface area contributed by atoms with E-state index < -0.39 is 0 Å². The summed E-state index contributed by atoms with van der Waals surface area (Å²) in [5.74, 6) is -0.298. The number of anilines is 1. The predicted molar refractivity (Wildman–Crippen MR) is 62.4 cm³/mol. The molecular weight excluding hydrogens is 316 g/mol. The van der Waals surface area contributed by atoms with Crippen LogP contribution in [-0.2, 0) is 0 Å². The van der Waals surface area contributed by atoms with Crippen LogP contribution in [0.15, 0.2) is 18.2 Å². The number of nitrogens with zero attached hydrogens (tertiary/aromatic N) is 2. The zero-order valence-electron chi connectivity index (χ0n) is 6.87. The average molecular weight is 321 g/mol. The van der Waals surface area contributed by atoms with Gasteiger partial charge in [-0.15, -0.1) is 10.2 Å². The van der Waals surface area contributed by atoms with Gasteiger partial charge in [0, 0.05) is 9.13 Å². The van der Waals surface area contributed by atoms with Crippen molar-refractivity contribution in [1.82, 2.24) is 10.2 Å². The van der Waals surface area contributed by atoms with Gasteiger partial charge >= 0.3 is 0 Å². The Kier molecular flexibility index (Phi) is 2.64. The Morgan fingerprint density at radius 3 is 2.71 bits per heavy atom. The number of nitrogens with two attached hydrogens (primary N) is 1. The molecule has 0 amide bonds. The Morgan fingerprint density at radius 2 is 2.14 bits per heavy atom. The standard InChI is InChI=1S/C8H5FIN3S/c9-6-3-4(10)1-2-5(6)7-12-13-8(11)14-7/h1-3H,(H2,11,13). The fourth-order valence-corrected chi connectivity index (χ4v) is 2.10. The summed E-state index contributed by atoms with van der Waals surface area (Å²) >= 11 is 3.22. The van der Waals surface area contributed by atoms with Crippen molar-refractivity contribution in [1.29, 1.82) is 0 Å². The smallest absolute Gasteiger partial charge is 0.203 e. The molecule has 1 aromatic heterocycles. The Labute approximate surface area is 97.3 Å². The summed E-state index contributed by atoms with van der Waals surface area (Å²) in [6.07, 6.45) is 0. The van der Waals surface area contributed by atoms with Crippen LogP contribution in [0.3, 0.4) is 0 Å². The molecule has 1 heterocycles. The summed E-state index contributed by atoms with van der Waals surface area (Å²) < 4.78 is 14.3. The van der Waals surface area contributed by atoms with Crippen molar-refractivity contribution < 1.29 is 4.39 Å². The van der Waals surface area contributed by atoms with Crippen LogP contribution in [0.4, 0.5) is 9.52 Å². The zero-order valence-corrected chi connectivity index (χ0v) is 9.84.